The molecule has 1 unspecified atom stereocenters. The zero-order chi connectivity index (χ0) is 11.7. The summed E-state index contributed by atoms with van der Waals surface area (Å²) in [6.07, 6.45) is 4.22. The Morgan fingerprint density at radius 1 is 1.53 bits per heavy atom. The molecule has 5 heteroatoms. The van der Waals surface area contributed by atoms with Crippen molar-refractivity contribution in [1.29, 1.82) is 0 Å². The Morgan fingerprint density at radius 3 is 3.24 bits per heavy atom. The van der Waals surface area contributed by atoms with Crippen molar-refractivity contribution in [2.45, 2.75) is 24.6 Å². The van der Waals surface area contributed by atoms with Crippen molar-refractivity contribution in [2.24, 2.45) is 0 Å². The second kappa shape index (κ2) is 4.66. The van der Waals surface area contributed by atoms with E-state index in [1.807, 2.05) is 23.9 Å². The van der Waals surface area contributed by atoms with Crippen LogP contribution in [0.15, 0.2) is 18.3 Å². The summed E-state index contributed by atoms with van der Waals surface area (Å²) in [6.45, 7) is 0.715. The number of aliphatic hydroxyl groups is 1. The van der Waals surface area contributed by atoms with E-state index in [0.717, 1.165) is 17.0 Å². The number of aliphatic hydroxyl groups excluding tert-OH is 1. The second-order valence-electron chi connectivity index (χ2n) is 4.19. The Labute approximate surface area is 104 Å². The Balaban J connectivity index is 2.11. The van der Waals surface area contributed by atoms with Crippen LogP contribution in [-0.4, -0.2) is 32.0 Å². The fraction of sp³-hybridized carbons (Fsp3) is 0.500. The van der Waals surface area contributed by atoms with Crippen LogP contribution in [0.2, 0.25) is 0 Å². The minimum Gasteiger partial charge on any atom is -0.395 e. The average molecular weight is 249 g/mol. The van der Waals surface area contributed by atoms with E-state index in [1.54, 1.807) is 6.20 Å². The summed E-state index contributed by atoms with van der Waals surface area (Å²) in [7, 11) is 0. The molecule has 2 aromatic heterocycles. The van der Waals surface area contributed by atoms with Crippen LogP contribution in [0.4, 0.5) is 0 Å². The lowest BCUT2D eigenvalue weighted by atomic mass is 10.2. The number of thioether (sulfide) groups is 1. The molecule has 1 N–H and O–H groups in total. The van der Waals surface area contributed by atoms with E-state index < -0.39 is 0 Å². The van der Waals surface area contributed by atoms with Gasteiger partial charge in [0.15, 0.2) is 5.65 Å². The van der Waals surface area contributed by atoms with Gasteiger partial charge in [0.05, 0.1) is 11.9 Å². The van der Waals surface area contributed by atoms with Gasteiger partial charge < -0.3 is 9.67 Å². The van der Waals surface area contributed by atoms with Crippen LogP contribution in [0.25, 0.3) is 11.2 Å². The largest absolute Gasteiger partial charge is 0.395 e. The lowest BCUT2D eigenvalue weighted by Gasteiger charge is -2.11. The molecule has 0 radical (unpaired) electrons. The number of aromatic nitrogens is 3. The molecule has 1 aliphatic heterocycles. The van der Waals surface area contributed by atoms with Crippen LogP contribution in [0, 0.1) is 0 Å². The molecule has 4 nitrogen and oxygen atoms in total. The van der Waals surface area contributed by atoms with Crippen molar-refractivity contribution < 1.29 is 5.11 Å². The van der Waals surface area contributed by atoms with Crippen molar-refractivity contribution in [3.63, 3.8) is 0 Å². The zero-order valence-corrected chi connectivity index (χ0v) is 10.4. The van der Waals surface area contributed by atoms with Crippen LogP contribution in [0.1, 0.15) is 23.9 Å². The number of hydrogen-bond acceptors (Lipinski definition) is 4. The molecule has 0 aromatic carbocycles. The van der Waals surface area contributed by atoms with Gasteiger partial charge in [0.2, 0.25) is 0 Å². The molecule has 0 amide bonds. The van der Waals surface area contributed by atoms with Gasteiger partial charge in [-0.25, -0.2) is 9.97 Å². The molecule has 0 saturated carbocycles. The first-order chi connectivity index (χ1) is 8.40. The molecular formula is C12H15N3OS. The minimum atomic E-state index is 0.131. The summed E-state index contributed by atoms with van der Waals surface area (Å²) in [5.74, 6) is 2.29. The van der Waals surface area contributed by atoms with E-state index in [0.29, 0.717) is 11.8 Å². The lowest BCUT2D eigenvalue weighted by Crippen LogP contribution is -2.09. The minimum absolute atomic E-state index is 0.131. The van der Waals surface area contributed by atoms with E-state index >= 15 is 0 Å². The van der Waals surface area contributed by atoms with Crippen molar-refractivity contribution in [1.82, 2.24) is 14.5 Å². The van der Waals surface area contributed by atoms with E-state index in [-0.39, 0.29) is 6.61 Å². The first-order valence-electron chi connectivity index (χ1n) is 5.94. The monoisotopic (exact) mass is 249 g/mol. The maximum atomic E-state index is 9.18. The molecule has 3 heterocycles. The van der Waals surface area contributed by atoms with Gasteiger partial charge in [0.25, 0.3) is 0 Å². The standard InChI is InChI=1S/C12H15N3OS/c16-7-6-15-11-9(3-1-5-13-11)14-12(15)10-4-2-8-17-10/h1,3,5,10,16H,2,4,6-8H2. The maximum Gasteiger partial charge on any atom is 0.160 e. The molecule has 1 fully saturated rings. The first kappa shape index (κ1) is 11.0. The molecular weight excluding hydrogens is 234 g/mol. The average Bonchev–Trinajstić information content (AvgIpc) is 2.97. The number of imidazole rings is 1. The molecule has 0 bridgehead atoms. The van der Waals surface area contributed by atoms with Crippen LogP contribution in [0.5, 0.6) is 0 Å². The van der Waals surface area contributed by atoms with Gasteiger partial charge in [-0.3, -0.25) is 0 Å². The molecule has 1 aliphatic rings. The van der Waals surface area contributed by atoms with Crippen LogP contribution in [-0.2, 0) is 6.54 Å². The number of rotatable bonds is 3. The number of nitrogens with zero attached hydrogens (tertiary/aromatic N) is 3. The molecule has 17 heavy (non-hydrogen) atoms. The summed E-state index contributed by atoms with van der Waals surface area (Å²) >= 11 is 1.96. The Kier molecular flexibility index (Phi) is 3.03. The molecule has 90 valence electrons. The van der Waals surface area contributed by atoms with E-state index in [4.69, 9.17) is 0 Å². The number of pyridine rings is 1. The zero-order valence-electron chi connectivity index (χ0n) is 9.54. The Hall–Kier alpha value is -1.07. The quantitative estimate of drug-likeness (QED) is 0.904. The summed E-state index contributed by atoms with van der Waals surface area (Å²) in [6, 6.07) is 3.89. The summed E-state index contributed by atoms with van der Waals surface area (Å²) < 4.78 is 2.07. The van der Waals surface area contributed by atoms with E-state index in [2.05, 4.69) is 14.5 Å². The fourth-order valence-corrected chi connectivity index (χ4v) is 3.60. The summed E-state index contributed by atoms with van der Waals surface area (Å²) in [4.78, 5) is 9.05. The first-order valence-corrected chi connectivity index (χ1v) is 6.98. The van der Waals surface area contributed by atoms with Gasteiger partial charge in [-0.2, -0.15) is 11.8 Å². The van der Waals surface area contributed by atoms with Gasteiger partial charge in [0.1, 0.15) is 11.3 Å². The smallest absolute Gasteiger partial charge is 0.160 e. The third-order valence-electron chi connectivity index (χ3n) is 3.07. The van der Waals surface area contributed by atoms with Crippen molar-refractivity contribution >= 4 is 22.9 Å². The predicted octanol–water partition coefficient (Wildman–Crippen LogP) is 1.99. The normalized spacial score (nSPS) is 20.2. The summed E-state index contributed by atoms with van der Waals surface area (Å²) in [5, 5.41) is 9.65. The van der Waals surface area contributed by atoms with Crippen molar-refractivity contribution in [2.75, 3.05) is 12.4 Å². The van der Waals surface area contributed by atoms with E-state index in [9.17, 15) is 5.11 Å². The lowest BCUT2D eigenvalue weighted by molar-refractivity contribution is 0.275. The highest BCUT2D eigenvalue weighted by atomic mass is 32.2. The van der Waals surface area contributed by atoms with Crippen LogP contribution in [0.3, 0.4) is 0 Å². The van der Waals surface area contributed by atoms with Gasteiger partial charge in [-0.15, -0.1) is 0 Å². The van der Waals surface area contributed by atoms with Crippen molar-refractivity contribution in [3.8, 4) is 0 Å². The third-order valence-corrected chi connectivity index (χ3v) is 4.45. The van der Waals surface area contributed by atoms with Gasteiger partial charge >= 0.3 is 0 Å². The molecule has 2 aromatic rings. The highest BCUT2D eigenvalue weighted by Crippen LogP contribution is 2.40. The van der Waals surface area contributed by atoms with Crippen LogP contribution >= 0.6 is 11.8 Å². The highest BCUT2D eigenvalue weighted by molar-refractivity contribution is 7.99. The highest BCUT2D eigenvalue weighted by Gasteiger charge is 2.24. The maximum absolute atomic E-state index is 9.18. The number of fused-ring (bicyclic) bond motifs is 1. The van der Waals surface area contributed by atoms with Gasteiger partial charge in [-0.1, -0.05) is 0 Å². The van der Waals surface area contributed by atoms with Gasteiger partial charge in [-0.05, 0) is 30.7 Å². The fourth-order valence-electron chi connectivity index (χ4n) is 2.32. The summed E-state index contributed by atoms with van der Waals surface area (Å²) in [5.41, 5.74) is 1.83. The molecule has 3 rings (SSSR count). The molecule has 1 saturated heterocycles. The van der Waals surface area contributed by atoms with Crippen LogP contribution < -0.4 is 0 Å². The third kappa shape index (κ3) is 1.93. The molecule has 1 atom stereocenters. The number of hydrogen-bond donors (Lipinski definition) is 1. The predicted molar refractivity (Wildman–Crippen MR) is 69.0 cm³/mol. The Morgan fingerprint density at radius 2 is 2.47 bits per heavy atom. The van der Waals surface area contributed by atoms with Gasteiger partial charge in [0, 0.05) is 12.7 Å². The van der Waals surface area contributed by atoms with Crippen molar-refractivity contribution in [3.05, 3.63) is 24.2 Å². The SMILES string of the molecule is OCCn1c(C2CCCS2)nc2cccnc21. The second-order valence-corrected chi connectivity index (χ2v) is 5.50. The Bertz CT molecular complexity index is 519. The topological polar surface area (TPSA) is 50.9 Å². The molecule has 0 spiro atoms. The molecule has 0 aliphatic carbocycles. The van der Waals surface area contributed by atoms with E-state index in [1.165, 1.54) is 18.6 Å².